The van der Waals surface area contributed by atoms with Crippen molar-refractivity contribution in [2.75, 3.05) is 18.3 Å². The van der Waals surface area contributed by atoms with Crippen LogP contribution in [0.4, 0.5) is 11.4 Å². The number of nitrogens with two attached hydrogens (primary N) is 1. The molecule has 0 aliphatic heterocycles. The quantitative estimate of drug-likeness (QED) is 0.499. The first-order chi connectivity index (χ1) is 5.24. The van der Waals surface area contributed by atoms with Gasteiger partial charge in [0.05, 0.1) is 12.8 Å². The molecule has 0 spiro atoms. The van der Waals surface area contributed by atoms with Gasteiger partial charge in [-0.25, -0.2) is 0 Å². The lowest BCUT2D eigenvalue weighted by Gasteiger charge is -2.06. The third-order valence-electron chi connectivity index (χ3n) is 1.46. The molecule has 0 unspecified atom stereocenters. The summed E-state index contributed by atoms with van der Waals surface area (Å²) in [5.74, 6) is 0. The largest absolute Gasteiger partial charge is 0.399 e. The number of hydrogen-bond acceptors (Lipinski definition) is 3. The lowest BCUT2D eigenvalue weighted by molar-refractivity contribution is 0.271. The summed E-state index contributed by atoms with van der Waals surface area (Å²) in [4.78, 5) is 4.76. The highest BCUT2D eigenvalue weighted by atomic mass is 16.6. The van der Waals surface area contributed by atoms with Crippen LogP contribution >= 0.6 is 0 Å². The molecule has 0 fully saturated rings. The normalized spacial score (nSPS) is 9.64. The maximum Gasteiger partial charge on any atom is 0.0636 e. The Labute approximate surface area is 66.1 Å². The van der Waals surface area contributed by atoms with Crippen LogP contribution in [0.1, 0.15) is 5.56 Å². The summed E-state index contributed by atoms with van der Waals surface area (Å²) >= 11 is 0. The topological polar surface area (TPSA) is 47.3 Å². The number of nitrogen functional groups attached to an aromatic ring is 1. The molecule has 1 rings (SSSR count). The van der Waals surface area contributed by atoms with E-state index in [0.29, 0.717) is 0 Å². The predicted molar refractivity (Wildman–Crippen MR) is 46.2 cm³/mol. The third kappa shape index (κ3) is 1.85. The SMILES string of the molecule is CONc1ccc(N)cc1C. The van der Waals surface area contributed by atoms with E-state index in [1.165, 1.54) is 0 Å². The maximum absolute atomic E-state index is 5.56. The van der Waals surface area contributed by atoms with Crippen LogP contribution in [0.5, 0.6) is 0 Å². The molecular formula is C8H12N2O. The first-order valence-corrected chi connectivity index (χ1v) is 3.39. The number of benzene rings is 1. The van der Waals surface area contributed by atoms with Gasteiger partial charge >= 0.3 is 0 Å². The van der Waals surface area contributed by atoms with Gasteiger partial charge in [0.2, 0.25) is 0 Å². The molecule has 0 atom stereocenters. The minimum absolute atomic E-state index is 0.768. The smallest absolute Gasteiger partial charge is 0.0636 e. The van der Waals surface area contributed by atoms with E-state index in [1.807, 2.05) is 25.1 Å². The molecule has 0 aromatic heterocycles. The van der Waals surface area contributed by atoms with Crippen molar-refractivity contribution in [1.82, 2.24) is 0 Å². The highest BCUT2D eigenvalue weighted by Crippen LogP contribution is 2.16. The maximum atomic E-state index is 5.56. The second-order valence-electron chi connectivity index (χ2n) is 2.38. The molecule has 3 nitrogen and oxygen atoms in total. The second-order valence-corrected chi connectivity index (χ2v) is 2.38. The van der Waals surface area contributed by atoms with Crippen LogP contribution in [0.15, 0.2) is 18.2 Å². The highest BCUT2D eigenvalue weighted by Gasteiger charge is 1.95. The van der Waals surface area contributed by atoms with Crippen LogP contribution in [0.25, 0.3) is 0 Å². The zero-order valence-corrected chi connectivity index (χ0v) is 6.72. The molecule has 0 heterocycles. The molecule has 1 aromatic rings. The molecule has 0 saturated heterocycles. The van der Waals surface area contributed by atoms with Gasteiger partial charge in [-0.2, -0.15) is 0 Å². The summed E-state index contributed by atoms with van der Waals surface area (Å²) in [6.07, 6.45) is 0. The van der Waals surface area contributed by atoms with E-state index in [1.54, 1.807) is 7.11 Å². The molecule has 0 aliphatic carbocycles. The number of anilines is 2. The summed E-state index contributed by atoms with van der Waals surface area (Å²) in [5.41, 5.74) is 11.1. The molecule has 3 heteroatoms. The Morgan fingerprint density at radius 2 is 2.18 bits per heavy atom. The van der Waals surface area contributed by atoms with E-state index < -0.39 is 0 Å². The van der Waals surface area contributed by atoms with Gasteiger partial charge in [0.1, 0.15) is 0 Å². The van der Waals surface area contributed by atoms with Crippen molar-refractivity contribution in [3.63, 3.8) is 0 Å². The van der Waals surface area contributed by atoms with Gasteiger partial charge < -0.3 is 5.73 Å². The molecule has 0 radical (unpaired) electrons. The Bertz CT molecular complexity index is 248. The van der Waals surface area contributed by atoms with Crippen molar-refractivity contribution in [3.05, 3.63) is 23.8 Å². The lowest BCUT2D eigenvalue weighted by Crippen LogP contribution is -1.98. The van der Waals surface area contributed by atoms with Crippen molar-refractivity contribution in [2.45, 2.75) is 6.92 Å². The van der Waals surface area contributed by atoms with Gasteiger partial charge in [-0.15, -0.1) is 0 Å². The number of hydrogen-bond donors (Lipinski definition) is 2. The fourth-order valence-corrected chi connectivity index (χ4v) is 0.911. The summed E-state index contributed by atoms with van der Waals surface area (Å²) in [6, 6.07) is 5.60. The van der Waals surface area contributed by atoms with Crippen LogP contribution < -0.4 is 11.2 Å². The first kappa shape index (κ1) is 7.88. The summed E-state index contributed by atoms with van der Waals surface area (Å²) in [5, 5.41) is 0. The minimum atomic E-state index is 0.768. The Morgan fingerprint density at radius 3 is 2.73 bits per heavy atom. The minimum Gasteiger partial charge on any atom is -0.399 e. The van der Waals surface area contributed by atoms with E-state index >= 15 is 0 Å². The van der Waals surface area contributed by atoms with E-state index in [2.05, 4.69) is 5.48 Å². The Hall–Kier alpha value is -1.22. The standard InChI is InChI=1S/C8H12N2O/c1-6-5-7(9)3-4-8(6)10-11-2/h3-5,10H,9H2,1-2H3. The molecule has 0 bridgehead atoms. The van der Waals surface area contributed by atoms with Crippen molar-refractivity contribution in [3.8, 4) is 0 Å². The molecule has 0 aliphatic rings. The van der Waals surface area contributed by atoms with Crippen molar-refractivity contribution in [2.24, 2.45) is 0 Å². The molecule has 0 amide bonds. The van der Waals surface area contributed by atoms with Gasteiger partial charge in [-0.3, -0.25) is 10.3 Å². The molecule has 11 heavy (non-hydrogen) atoms. The average Bonchev–Trinajstić information content (AvgIpc) is 1.95. The number of aryl methyl sites for hydroxylation is 1. The Kier molecular flexibility index (Phi) is 2.33. The van der Waals surface area contributed by atoms with Crippen LogP contribution in [0.2, 0.25) is 0 Å². The van der Waals surface area contributed by atoms with E-state index in [9.17, 15) is 0 Å². The fraction of sp³-hybridized carbons (Fsp3) is 0.250. The van der Waals surface area contributed by atoms with Crippen LogP contribution in [0.3, 0.4) is 0 Å². The van der Waals surface area contributed by atoms with Crippen molar-refractivity contribution in [1.29, 1.82) is 0 Å². The zero-order valence-electron chi connectivity index (χ0n) is 6.72. The van der Waals surface area contributed by atoms with Crippen molar-refractivity contribution < 1.29 is 4.84 Å². The number of nitrogens with one attached hydrogen (secondary N) is 1. The van der Waals surface area contributed by atoms with E-state index in [4.69, 9.17) is 10.6 Å². The van der Waals surface area contributed by atoms with Gasteiger partial charge in [0, 0.05) is 5.69 Å². The Balaban J connectivity index is 2.90. The monoisotopic (exact) mass is 152 g/mol. The van der Waals surface area contributed by atoms with Crippen molar-refractivity contribution >= 4 is 11.4 Å². The summed E-state index contributed by atoms with van der Waals surface area (Å²) in [7, 11) is 1.58. The van der Waals surface area contributed by atoms with Gasteiger partial charge in [0.15, 0.2) is 0 Å². The lowest BCUT2D eigenvalue weighted by atomic mass is 10.2. The van der Waals surface area contributed by atoms with E-state index in [0.717, 1.165) is 16.9 Å². The van der Waals surface area contributed by atoms with E-state index in [-0.39, 0.29) is 0 Å². The van der Waals surface area contributed by atoms with Gasteiger partial charge in [-0.05, 0) is 30.7 Å². The van der Waals surface area contributed by atoms with Gasteiger partial charge in [-0.1, -0.05) is 0 Å². The average molecular weight is 152 g/mol. The highest BCUT2D eigenvalue weighted by molar-refractivity contribution is 5.56. The van der Waals surface area contributed by atoms with Crippen LogP contribution in [-0.2, 0) is 4.84 Å². The molecule has 60 valence electrons. The molecule has 0 saturated carbocycles. The van der Waals surface area contributed by atoms with Gasteiger partial charge in [0.25, 0.3) is 0 Å². The summed E-state index contributed by atoms with van der Waals surface area (Å²) in [6.45, 7) is 1.97. The Morgan fingerprint density at radius 1 is 1.45 bits per heavy atom. The molecule has 3 N–H and O–H groups in total. The van der Waals surface area contributed by atoms with Crippen LogP contribution in [0, 0.1) is 6.92 Å². The second kappa shape index (κ2) is 3.25. The fourth-order valence-electron chi connectivity index (χ4n) is 0.911. The summed E-state index contributed by atoms with van der Waals surface area (Å²) < 4.78 is 0. The van der Waals surface area contributed by atoms with Crippen LogP contribution in [-0.4, -0.2) is 7.11 Å². The third-order valence-corrected chi connectivity index (χ3v) is 1.46. The predicted octanol–water partition coefficient (Wildman–Crippen LogP) is 1.55. The number of rotatable bonds is 2. The zero-order chi connectivity index (χ0) is 8.27. The molecular weight excluding hydrogens is 140 g/mol. The molecule has 1 aromatic carbocycles. The first-order valence-electron chi connectivity index (χ1n) is 3.39.